The van der Waals surface area contributed by atoms with Crippen LogP contribution < -0.4 is 24.7 Å². The fourth-order valence-electron chi connectivity index (χ4n) is 4.39. The summed E-state index contributed by atoms with van der Waals surface area (Å²) in [6, 6.07) is 25.4. The topological polar surface area (TPSA) is 115 Å². The van der Waals surface area contributed by atoms with Gasteiger partial charge in [0.1, 0.15) is 24.0 Å². The van der Waals surface area contributed by atoms with Gasteiger partial charge in [-0.1, -0.05) is 42.5 Å². The molecule has 8 heteroatoms. The first-order valence-electron chi connectivity index (χ1n) is 11.9. The molecule has 4 aromatic rings. The van der Waals surface area contributed by atoms with E-state index in [9.17, 15) is 5.26 Å². The van der Waals surface area contributed by atoms with Crippen molar-refractivity contribution < 1.29 is 18.9 Å². The molecule has 0 unspecified atom stereocenters. The number of nitriles is 1. The quantitative estimate of drug-likeness (QED) is 0.342. The van der Waals surface area contributed by atoms with E-state index in [-0.39, 0.29) is 5.88 Å². The lowest BCUT2D eigenvalue weighted by Gasteiger charge is -2.24. The van der Waals surface area contributed by atoms with E-state index in [1.54, 1.807) is 7.11 Å². The molecule has 1 aromatic heterocycles. The summed E-state index contributed by atoms with van der Waals surface area (Å²) in [4.78, 5) is 0. The van der Waals surface area contributed by atoms with Gasteiger partial charge in [0.15, 0.2) is 11.5 Å². The van der Waals surface area contributed by atoms with Crippen molar-refractivity contribution in [1.82, 2.24) is 10.2 Å². The first kappa shape index (κ1) is 23.8. The zero-order valence-electron chi connectivity index (χ0n) is 20.5. The summed E-state index contributed by atoms with van der Waals surface area (Å²) >= 11 is 0. The molecule has 3 aromatic carbocycles. The molecule has 1 aliphatic heterocycles. The smallest absolute Gasteiger partial charge is 0.244 e. The number of aromatic nitrogens is 2. The Kier molecular flexibility index (Phi) is 6.68. The number of nitrogens with two attached hydrogens (primary N) is 1. The second-order valence-electron chi connectivity index (χ2n) is 8.38. The molecule has 0 radical (unpaired) electrons. The fraction of sp³-hybridized carbons (Fsp3) is 0.172. The van der Waals surface area contributed by atoms with Crippen molar-refractivity contribution in [2.45, 2.75) is 19.4 Å². The number of methoxy groups -OCH3 is 1. The summed E-state index contributed by atoms with van der Waals surface area (Å²) in [5, 5.41) is 17.4. The molecule has 0 aliphatic carbocycles. The molecular weight excluding hydrogens is 468 g/mol. The second-order valence-corrected chi connectivity index (χ2v) is 8.38. The van der Waals surface area contributed by atoms with Crippen LogP contribution >= 0.6 is 0 Å². The molecule has 0 fully saturated rings. The van der Waals surface area contributed by atoms with E-state index in [1.165, 1.54) is 0 Å². The maximum atomic E-state index is 10.0. The number of benzene rings is 3. The molecule has 0 saturated carbocycles. The monoisotopic (exact) mass is 494 g/mol. The average Bonchev–Trinajstić information content (AvgIpc) is 3.35. The number of allylic oxidation sites excluding steroid dienone is 1. The summed E-state index contributed by atoms with van der Waals surface area (Å²) < 4.78 is 22.9. The summed E-state index contributed by atoms with van der Waals surface area (Å²) in [5.41, 5.74) is 10.6. The largest absolute Gasteiger partial charge is 0.493 e. The summed E-state index contributed by atoms with van der Waals surface area (Å²) in [5.74, 6) is 1.83. The van der Waals surface area contributed by atoms with Gasteiger partial charge in [-0.15, -0.1) is 5.10 Å². The molecule has 2 heterocycles. The Bertz CT molecular complexity index is 1470. The summed E-state index contributed by atoms with van der Waals surface area (Å²) in [6.45, 7) is 2.90. The van der Waals surface area contributed by atoms with Gasteiger partial charge in [-0.3, -0.25) is 5.10 Å². The van der Waals surface area contributed by atoms with Gasteiger partial charge in [0.2, 0.25) is 11.8 Å². The molecule has 1 aliphatic rings. The van der Waals surface area contributed by atoms with Crippen LogP contribution in [-0.4, -0.2) is 23.9 Å². The standard InChI is InChI=1S/C29H26N4O4/c1-3-35-23-14-11-20(15-24(23)34-2)27-26-25(22(16-30)28(31)37-29(26)33-32-27)19-9-12-21(13-10-19)36-17-18-7-5-4-6-8-18/h4-15,25H,3,17,31H2,1-2H3,(H,32,33)/t25-/m1/s1. The zero-order chi connectivity index (χ0) is 25.8. The zero-order valence-corrected chi connectivity index (χ0v) is 20.5. The Morgan fingerprint density at radius 1 is 1.03 bits per heavy atom. The number of hydrogen-bond acceptors (Lipinski definition) is 7. The van der Waals surface area contributed by atoms with Crippen molar-refractivity contribution in [3.8, 4) is 40.5 Å². The number of nitrogens with zero attached hydrogens (tertiary/aromatic N) is 2. The van der Waals surface area contributed by atoms with E-state index in [2.05, 4.69) is 16.3 Å². The van der Waals surface area contributed by atoms with Gasteiger partial charge in [-0.25, -0.2) is 0 Å². The molecule has 0 bridgehead atoms. The molecule has 5 rings (SSSR count). The van der Waals surface area contributed by atoms with Crippen molar-refractivity contribution in [2.24, 2.45) is 5.73 Å². The number of nitrogens with one attached hydrogen (secondary N) is 1. The number of aromatic amines is 1. The third kappa shape index (κ3) is 4.67. The van der Waals surface area contributed by atoms with Crippen molar-refractivity contribution in [2.75, 3.05) is 13.7 Å². The molecule has 3 N–H and O–H groups in total. The number of fused-ring (bicyclic) bond motifs is 1. The van der Waals surface area contributed by atoms with Crippen LogP contribution in [0.4, 0.5) is 0 Å². The molecule has 0 spiro atoms. The molecule has 37 heavy (non-hydrogen) atoms. The molecule has 186 valence electrons. The number of ether oxygens (including phenoxy) is 4. The van der Waals surface area contributed by atoms with Crippen LogP contribution in [0.1, 0.15) is 29.5 Å². The van der Waals surface area contributed by atoms with Gasteiger partial charge >= 0.3 is 0 Å². The third-order valence-electron chi connectivity index (χ3n) is 6.15. The van der Waals surface area contributed by atoms with Gasteiger partial charge in [0.25, 0.3) is 0 Å². The minimum atomic E-state index is -0.483. The highest BCUT2D eigenvalue weighted by molar-refractivity contribution is 5.73. The average molecular weight is 495 g/mol. The highest BCUT2D eigenvalue weighted by Gasteiger charge is 2.35. The van der Waals surface area contributed by atoms with Crippen LogP contribution in [-0.2, 0) is 6.61 Å². The number of hydrogen-bond donors (Lipinski definition) is 2. The van der Waals surface area contributed by atoms with Crippen molar-refractivity contribution >= 4 is 0 Å². The first-order chi connectivity index (χ1) is 18.1. The lowest BCUT2D eigenvalue weighted by Crippen LogP contribution is -2.21. The summed E-state index contributed by atoms with van der Waals surface area (Å²) in [6.07, 6.45) is 0. The molecule has 1 atom stereocenters. The predicted molar refractivity (Wildman–Crippen MR) is 138 cm³/mol. The normalized spacial score (nSPS) is 14.4. The Morgan fingerprint density at radius 3 is 2.51 bits per heavy atom. The van der Waals surface area contributed by atoms with Gasteiger partial charge in [-0.2, -0.15) is 5.26 Å². The molecule has 8 nitrogen and oxygen atoms in total. The van der Waals surface area contributed by atoms with Gasteiger partial charge < -0.3 is 24.7 Å². The molecule has 0 amide bonds. The second kappa shape index (κ2) is 10.4. The van der Waals surface area contributed by atoms with Gasteiger partial charge in [-0.05, 0) is 48.4 Å². The Hall–Kier alpha value is -4.90. The lowest BCUT2D eigenvalue weighted by molar-refractivity contribution is 0.306. The SMILES string of the molecule is CCOc1ccc(-c2[nH]nc3c2[C@H](c2ccc(OCc4ccccc4)cc2)C(C#N)=C(N)O3)cc1OC. The highest BCUT2D eigenvalue weighted by Crippen LogP contribution is 2.46. The van der Waals surface area contributed by atoms with Gasteiger partial charge in [0, 0.05) is 5.56 Å². The first-order valence-corrected chi connectivity index (χ1v) is 11.9. The van der Waals surface area contributed by atoms with Crippen LogP contribution in [0, 0.1) is 11.3 Å². The molecular formula is C29H26N4O4. The van der Waals surface area contributed by atoms with Crippen LogP contribution in [0.15, 0.2) is 84.3 Å². The van der Waals surface area contributed by atoms with E-state index < -0.39 is 5.92 Å². The Balaban J connectivity index is 1.51. The maximum absolute atomic E-state index is 10.0. The van der Waals surface area contributed by atoms with E-state index in [0.29, 0.717) is 41.9 Å². The van der Waals surface area contributed by atoms with E-state index in [1.807, 2.05) is 79.7 Å². The lowest BCUT2D eigenvalue weighted by atomic mass is 9.83. The maximum Gasteiger partial charge on any atom is 0.244 e. The van der Waals surface area contributed by atoms with Crippen molar-refractivity contribution in [3.05, 3.63) is 101 Å². The van der Waals surface area contributed by atoms with E-state index in [4.69, 9.17) is 24.7 Å². The van der Waals surface area contributed by atoms with Crippen molar-refractivity contribution in [3.63, 3.8) is 0 Å². The van der Waals surface area contributed by atoms with Crippen LogP contribution in [0.5, 0.6) is 23.1 Å². The van der Waals surface area contributed by atoms with Crippen LogP contribution in [0.2, 0.25) is 0 Å². The number of rotatable bonds is 8. The highest BCUT2D eigenvalue weighted by atomic mass is 16.5. The molecule has 0 saturated heterocycles. The Labute approximate surface area is 214 Å². The number of H-pyrrole nitrogens is 1. The van der Waals surface area contributed by atoms with Crippen molar-refractivity contribution in [1.29, 1.82) is 5.26 Å². The third-order valence-corrected chi connectivity index (χ3v) is 6.15. The Morgan fingerprint density at radius 2 is 1.81 bits per heavy atom. The van der Waals surface area contributed by atoms with Crippen LogP contribution in [0.25, 0.3) is 11.3 Å². The van der Waals surface area contributed by atoms with E-state index in [0.717, 1.165) is 28.0 Å². The van der Waals surface area contributed by atoms with Gasteiger partial charge in [0.05, 0.1) is 30.9 Å². The minimum Gasteiger partial charge on any atom is -0.493 e. The summed E-state index contributed by atoms with van der Waals surface area (Å²) in [7, 11) is 1.59. The van der Waals surface area contributed by atoms with E-state index >= 15 is 0 Å². The fourth-order valence-corrected chi connectivity index (χ4v) is 4.39. The van der Waals surface area contributed by atoms with Crippen LogP contribution in [0.3, 0.4) is 0 Å². The minimum absolute atomic E-state index is 0.0340. The predicted octanol–water partition coefficient (Wildman–Crippen LogP) is 5.28.